The summed E-state index contributed by atoms with van der Waals surface area (Å²) in [6.45, 7) is 5.70. The molecule has 1 aromatic heterocycles. The fraction of sp³-hybridized carbons (Fsp3) is 0.381. The van der Waals surface area contributed by atoms with Gasteiger partial charge in [0.15, 0.2) is 11.5 Å². The average Bonchev–Trinajstić information content (AvgIpc) is 3.05. The van der Waals surface area contributed by atoms with Gasteiger partial charge in [0.1, 0.15) is 5.82 Å². The lowest BCUT2D eigenvalue weighted by Crippen LogP contribution is -2.16. The van der Waals surface area contributed by atoms with Crippen LogP contribution in [0.4, 0.5) is 0 Å². The molecule has 5 nitrogen and oxygen atoms in total. The number of aryl methyl sites for hydroxylation is 1. The molecule has 1 heterocycles. The van der Waals surface area contributed by atoms with Gasteiger partial charge in [-0.1, -0.05) is 12.1 Å². The van der Waals surface area contributed by atoms with Crippen molar-refractivity contribution in [3.63, 3.8) is 0 Å². The van der Waals surface area contributed by atoms with Gasteiger partial charge in [-0.25, -0.2) is 4.98 Å². The summed E-state index contributed by atoms with van der Waals surface area (Å²) in [7, 11) is 1.67. The third-order valence-corrected chi connectivity index (χ3v) is 4.77. The van der Waals surface area contributed by atoms with E-state index in [1.54, 1.807) is 7.11 Å². The van der Waals surface area contributed by atoms with E-state index in [0.29, 0.717) is 0 Å². The lowest BCUT2D eigenvalue weighted by molar-refractivity contribution is 0.228. The van der Waals surface area contributed by atoms with E-state index in [1.807, 2.05) is 38.1 Å². The van der Waals surface area contributed by atoms with Gasteiger partial charge in [0.2, 0.25) is 0 Å². The van der Waals surface area contributed by atoms with Crippen LogP contribution in [0, 0.1) is 0 Å². The van der Waals surface area contributed by atoms with Gasteiger partial charge in [0.25, 0.3) is 0 Å². The molecule has 0 atom stereocenters. The monoisotopic (exact) mass is 431 g/mol. The number of H-pyrrole nitrogens is 1. The molecule has 2 aromatic carbocycles. The second-order valence-corrected chi connectivity index (χ2v) is 7.61. The summed E-state index contributed by atoms with van der Waals surface area (Å²) in [5.41, 5.74) is 3.28. The molecular weight excluding hydrogens is 406 g/mol. The third-order valence-electron chi connectivity index (χ3n) is 4.18. The van der Waals surface area contributed by atoms with Crippen LogP contribution in [0.15, 0.2) is 40.9 Å². The normalized spacial score (nSPS) is 11.3. The van der Waals surface area contributed by atoms with E-state index >= 15 is 0 Å². The Kier molecular flexibility index (Phi) is 6.74. The molecular formula is C21H26BrN3O2. The number of rotatable bonds is 9. The molecule has 0 aliphatic rings. The maximum absolute atomic E-state index is 5.84. The van der Waals surface area contributed by atoms with Gasteiger partial charge in [0, 0.05) is 13.0 Å². The van der Waals surface area contributed by atoms with E-state index in [4.69, 9.17) is 9.47 Å². The Morgan fingerprint density at radius 3 is 2.78 bits per heavy atom. The highest BCUT2D eigenvalue weighted by atomic mass is 79.9. The van der Waals surface area contributed by atoms with Gasteiger partial charge in [0.05, 0.1) is 28.7 Å². The molecule has 0 aliphatic heterocycles. The molecule has 6 heteroatoms. The molecule has 2 N–H and O–H groups in total. The lowest BCUT2D eigenvalue weighted by Gasteiger charge is -2.16. The van der Waals surface area contributed by atoms with Crippen molar-refractivity contribution in [2.24, 2.45) is 0 Å². The summed E-state index contributed by atoms with van der Waals surface area (Å²) in [5.74, 6) is 2.54. The first-order valence-corrected chi connectivity index (χ1v) is 10.0. The number of aromatic nitrogens is 2. The summed E-state index contributed by atoms with van der Waals surface area (Å²) in [6.07, 6.45) is 2.04. The molecule has 0 bridgehead atoms. The number of halogens is 1. The minimum atomic E-state index is 0.0948. The topological polar surface area (TPSA) is 59.2 Å². The molecule has 0 spiro atoms. The minimum absolute atomic E-state index is 0.0948. The van der Waals surface area contributed by atoms with Crippen molar-refractivity contribution in [1.29, 1.82) is 0 Å². The van der Waals surface area contributed by atoms with Crippen LogP contribution in [0.2, 0.25) is 0 Å². The number of nitrogens with zero attached hydrogens (tertiary/aromatic N) is 1. The van der Waals surface area contributed by atoms with Crippen LogP contribution in [0.25, 0.3) is 11.0 Å². The summed E-state index contributed by atoms with van der Waals surface area (Å²) in [4.78, 5) is 7.99. The van der Waals surface area contributed by atoms with Crippen molar-refractivity contribution in [2.45, 2.75) is 39.3 Å². The second kappa shape index (κ2) is 9.24. The molecule has 0 amide bonds. The lowest BCUT2D eigenvalue weighted by atomic mass is 10.2. The SMILES string of the molecule is COc1cc(CNCCCc2nc3ccccc3[nH]2)cc(Br)c1OC(C)C. The first-order chi connectivity index (χ1) is 13.1. The van der Waals surface area contributed by atoms with Crippen LogP contribution in [0.1, 0.15) is 31.7 Å². The van der Waals surface area contributed by atoms with Crippen molar-refractivity contribution >= 4 is 27.0 Å². The maximum Gasteiger partial charge on any atom is 0.175 e. The standard InChI is InChI=1S/C21H26BrN3O2/c1-14(2)27-21-16(22)11-15(12-19(21)26-3)13-23-10-6-9-20-24-17-7-4-5-8-18(17)25-20/h4-5,7-8,11-12,14,23H,6,9-10,13H2,1-3H3,(H,24,25). The van der Waals surface area contributed by atoms with Gasteiger partial charge in [-0.3, -0.25) is 0 Å². The highest BCUT2D eigenvalue weighted by molar-refractivity contribution is 9.10. The largest absolute Gasteiger partial charge is 0.493 e. The maximum atomic E-state index is 5.84. The number of aromatic amines is 1. The number of imidazole rings is 1. The molecule has 0 saturated carbocycles. The van der Waals surface area contributed by atoms with E-state index in [9.17, 15) is 0 Å². The number of methoxy groups -OCH3 is 1. The third kappa shape index (κ3) is 5.23. The van der Waals surface area contributed by atoms with E-state index < -0.39 is 0 Å². The summed E-state index contributed by atoms with van der Waals surface area (Å²) in [5, 5.41) is 3.49. The zero-order valence-electron chi connectivity index (χ0n) is 16.0. The molecule has 0 unspecified atom stereocenters. The van der Waals surface area contributed by atoms with Crippen molar-refractivity contribution in [2.75, 3.05) is 13.7 Å². The van der Waals surface area contributed by atoms with Crippen LogP contribution in [0.3, 0.4) is 0 Å². The van der Waals surface area contributed by atoms with Gasteiger partial charge in [-0.15, -0.1) is 0 Å². The van der Waals surface area contributed by atoms with Gasteiger partial charge < -0.3 is 19.8 Å². The number of nitrogens with one attached hydrogen (secondary N) is 2. The Hall–Kier alpha value is -2.05. The molecule has 0 aliphatic carbocycles. The zero-order valence-corrected chi connectivity index (χ0v) is 17.6. The summed E-state index contributed by atoms with van der Waals surface area (Å²) >= 11 is 3.59. The van der Waals surface area contributed by atoms with Crippen LogP contribution in [-0.2, 0) is 13.0 Å². The fourth-order valence-electron chi connectivity index (χ4n) is 2.96. The van der Waals surface area contributed by atoms with Crippen LogP contribution >= 0.6 is 15.9 Å². The summed E-state index contributed by atoms with van der Waals surface area (Å²) in [6, 6.07) is 12.2. The van der Waals surface area contributed by atoms with Crippen LogP contribution in [-0.4, -0.2) is 29.7 Å². The Labute approximate surface area is 168 Å². The first-order valence-electron chi connectivity index (χ1n) is 9.24. The van der Waals surface area contributed by atoms with Crippen molar-refractivity contribution in [3.05, 3.63) is 52.3 Å². The Morgan fingerprint density at radius 2 is 2.04 bits per heavy atom. The van der Waals surface area contributed by atoms with Gasteiger partial charge in [-0.2, -0.15) is 0 Å². The number of ether oxygens (including phenoxy) is 2. The molecule has 27 heavy (non-hydrogen) atoms. The van der Waals surface area contributed by atoms with Crippen LogP contribution < -0.4 is 14.8 Å². The molecule has 3 aromatic rings. The molecule has 3 rings (SSSR count). The number of benzene rings is 2. The van der Waals surface area contributed by atoms with Crippen LogP contribution in [0.5, 0.6) is 11.5 Å². The Balaban J connectivity index is 1.50. The predicted molar refractivity (Wildman–Crippen MR) is 113 cm³/mol. The van der Waals surface area contributed by atoms with Crippen molar-refractivity contribution in [3.8, 4) is 11.5 Å². The first kappa shape index (κ1) is 19.7. The van der Waals surface area contributed by atoms with Crippen molar-refractivity contribution in [1.82, 2.24) is 15.3 Å². The number of para-hydroxylation sites is 2. The van der Waals surface area contributed by atoms with E-state index in [0.717, 1.165) is 64.3 Å². The highest BCUT2D eigenvalue weighted by Gasteiger charge is 2.13. The number of hydrogen-bond donors (Lipinski definition) is 2. The minimum Gasteiger partial charge on any atom is -0.493 e. The van der Waals surface area contributed by atoms with E-state index in [1.165, 1.54) is 0 Å². The van der Waals surface area contributed by atoms with Crippen molar-refractivity contribution < 1.29 is 9.47 Å². The summed E-state index contributed by atoms with van der Waals surface area (Å²) < 4.78 is 12.2. The highest BCUT2D eigenvalue weighted by Crippen LogP contribution is 2.37. The van der Waals surface area contributed by atoms with Gasteiger partial charge in [-0.05, 0) is 72.6 Å². The molecule has 0 fully saturated rings. The van der Waals surface area contributed by atoms with E-state index in [-0.39, 0.29) is 6.10 Å². The Morgan fingerprint density at radius 1 is 1.22 bits per heavy atom. The Bertz CT molecular complexity index is 859. The predicted octanol–water partition coefficient (Wildman–Crippen LogP) is 4.84. The second-order valence-electron chi connectivity index (χ2n) is 6.76. The average molecular weight is 432 g/mol. The number of hydrogen-bond acceptors (Lipinski definition) is 4. The fourth-order valence-corrected chi connectivity index (χ4v) is 3.55. The molecule has 0 radical (unpaired) electrons. The molecule has 144 valence electrons. The molecule has 0 saturated heterocycles. The van der Waals surface area contributed by atoms with Gasteiger partial charge >= 0.3 is 0 Å². The zero-order chi connectivity index (χ0) is 19.2. The number of fused-ring (bicyclic) bond motifs is 1. The van der Waals surface area contributed by atoms with E-state index in [2.05, 4.69) is 43.3 Å². The quantitative estimate of drug-likeness (QED) is 0.475. The smallest absolute Gasteiger partial charge is 0.175 e.